The van der Waals surface area contributed by atoms with Crippen molar-refractivity contribution in [3.05, 3.63) is 97.1 Å². The van der Waals surface area contributed by atoms with E-state index in [9.17, 15) is 0 Å². The fourth-order valence-corrected chi connectivity index (χ4v) is 2.89. The number of rotatable bonds is 8. The highest BCUT2D eigenvalue weighted by atomic mass is 16.5. The van der Waals surface area contributed by atoms with E-state index in [1.54, 1.807) is 14.2 Å². The smallest absolute Gasteiger partial charge is 0.131 e. The number of hydrogen-bond acceptors (Lipinski definition) is 5. The van der Waals surface area contributed by atoms with Crippen LogP contribution in [0.5, 0.6) is 46.0 Å². The third kappa shape index (κ3) is 5.48. The van der Waals surface area contributed by atoms with Gasteiger partial charge in [-0.3, -0.25) is 0 Å². The maximum atomic E-state index is 5.91. The van der Waals surface area contributed by atoms with E-state index in [-0.39, 0.29) is 0 Å². The first-order valence-electron chi connectivity index (χ1n) is 9.73. The number of benzene rings is 4. The van der Waals surface area contributed by atoms with E-state index in [0.29, 0.717) is 34.5 Å². The Hall–Kier alpha value is -4.12. The minimum atomic E-state index is 0.708. The third-order valence-electron chi connectivity index (χ3n) is 4.44. The molecule has 4 rings (SSSR count). The molecule has 0 unspecified atom stereocenters. The molecule has 0 bridgehead atoms. The van der Waals surface area contributed by atoms with Crippen LogP contribution >= 0.6 is 0 Å². The number of ether oxygens (including phenoxy) is 5. The highest BCUT2D eigenvalue weighted by Crippen LogP contribution is 2.30. The Balaban J connectivity index is 1.36. The van der Waals surface area contributed by atoms with Gasteiger partial charge in [-0.1, -0.05) is 12.1 Å². The van der Waals surface area contributed by atoms with Crippen LogP contribution in [0.1, 0.15) is 0 Å². The highest BCUT2D eigenvalue weighted by Gasteiger charge is 2.03. The van der Waals surface area contributed by atoms with Gasteiger partial charge in [0.25, 0.3) is 0 Å². The summed E-state index contributed by atoms with van der Waals surface area (Å²) < 4.78 is 28.0. The molecule has 0 aliphatic carbocycles. The van der Waals surface area contributed by atoms with Gasteiger partial charge in [0, 0.05) is 12.1 Å². The molecule has 156 valence electrons. The van der Waals surface area contributed by atoms with Crippen LogP contribution in [0.2, 0.25) is 0 Å². The molecule has 0 aliphatic heterocycles. The molecular formula is C26H22O5. The molecule has 0 fully saturated rings. The zero-order valence-corrected chi connectivity index (χ0v) is 17.3. The van der Waals surface area contributed by atoms with E-state index in [0.717, 1.165) is 11.5 Å². The average molecular weight is 414 g/mol. The molecule has 5 heteroatoms. The van der Waals surface area contributed by atoms with Gasteiger partial charge in [-0.25, -0.2) is 0 Å². The summed E-state index contributed by atoms with van der Waals surface area (Å²) in [6, 6.07) is 29.8. The van der Waals surface area contributed by atoms with Crippen LogP contribution in [0.4, 0.5) is 0 Å². The molecule has 0 radical (unpaired) electrons. The van der Waals surface area contributed by atoms with Crippen LogP contribution in [0.25, 0.3) is 0 Å². The highest BCUT2D eigenvalue weighted by molar-refractivity contribution is 5.42. The first kappa shape index (κ1) is 20.2. The fraction of sp³-hybridized carbons (Fsp3) is 0.0769. The Kier molecular flexibility index (Phi) is 6.24. The maximum Gasteiger partial charge on any atom is 0.131 e. The summed E-state index contributed by atoms with van der Waals surface area (Å²) in [5.41, 5.74) is 0. The molecule has 0 saturated heterocycles. The van der Waals surface area contributed by atoms with Crippen LogP contribution in [0.15, 0.2) is 97.1 Å². The lowest BCUT2D eigenvalue weighted by atomic mass is 10.3. The van der Waals surface area contributed by atoms with Crippen LogP contribution in [-0.4, -0.2) is 14.2 Å². The molecule has 0 spiro atoms. The van der Waals surface area contributed by atoms with Crippen molar-refractivity contribution in [2.45, 2.75) is 0 Å². The van der Waals surface area contributed by atoms with Crippen molar-refractivity contribution in [2.75, 3.05) is 14.2 Å². The molecule has 0 amide bonds. The Morgan fingerprint density at radius 3 is 0.968 bits per heavy atom. The SMILES string of the molecule is COc1cccc(Oc2ccc(Oc3ccc(Oc4cccc(OC)c4)cc3)cc2)c1. The summed E-state index contributed by atoms with van der Waals surface area (Å²) in [5.74, 6) is 5.75. The van der Waals surface area contributed by atoms with Crippen molar-refractivity contribution in [1.82, 2.24) is 0 Å². The van der Waals surface area contributed by atoms with Gasteiger partial charge < -0.3 is 23.7 Å². The Labute approximate surface area is 181 Å². The summed E-state index contributed by atoms with van der Waals surface area (Å²) in [5, 5.41) is 0. The van der Waals surface area contributed by atoms with E-state index in [1.165, 1.54) is 0 Å². The largest absolute Gasteiger partial charge is 0.497 e. The molecule has 4 aromatic carbocycles. The normalized spacial score (nSPS) is 10.3. The Morgan fingerprint density at radius 1 is 0.355 bits per heavy atom. The fourth-order valence-electron chi connectivity index (χ4n) is 2.89. The van der Waals surface area contributed by atoms with Gasteiger partial charge in [0.2, 0.25) is 0 Å². The summed E-state index contributed by atoms with van der Waals surface area (Å²) in [7, 11) is 3.26. The third-order valence-corrected chi connectivity index (χ3v) is 4.44. The Morgan fingerprint density at radius 2 is 0.645 bits per heavy atom. The minimum Gasteiger partial charge on any atom is -0.497 e. The second-order valence-electron chi connectivity index (χ2n) is 6.61. The number of methoxy groups -OCH3 is 2. The standard InChI is InChI=1S/C26H22O5/c1-27-23-5-3-7-25(17-23)30-21-13-9-19(10-14-21)29-20-11-15-22(16-12-20)31-26-8-4-6-24(18-26)28-2/h3-18H,1-2H3. The van der Waals surface area contributed by atoms with Gasteiger partial charge in [-0.2, -0.15) is 0 Å². The molecule has 0 N–H and O–H groups in total. The van der Waals surface area contributed by atoms with Gasteiger partial charge in [-0.15, -0.1) is 0 Å². The molecule has 0 saturated carbocycles. The lowest BCUT2D eigenvalue weighted by Crippen LogP contribution is -1.88. The lowest BCUT2D eigenvalue weighted by molar-refractivity contribution is 0.409. The quantitative estimate of drug-likeness (QED) is 0.308. The predicted octanol–water partition coefficient (Wildman–Crippen LogP) is 7.08. The molecule has 31 heavy (non-hydrogen) atoms. The second-order valence-corrected chi connectivity index (χ2v) is 6.61. The van der Waals surface area contributed by atoms with Crippen LogP contribution < -0.4 is 23.7 Å². The molecule has 4 aromatic rings. The average Bonchev–Trinajstić information content (AvgIpc) is 2.82. The zero-order valence-electron chi connectivity index (χ0n) is 17.3. The van der Waals surface area contributed by atoms with Crippen molar-refractivity contribution in [2.24, 2.45) is 0 Å². The van der Waals surface area contributed by atoms with Crippen molar-refractivity contribution in [1.29, 1.82) is 0 Å². The van der Waals surface area contributed by atoms with E-state index in [1.807, 2.05) is 97.1 Å². The monoisotopic (exact) mass is 414 g/mol. The van der Waals surface area contributed by atoms with Gasteiger partial charge in [0.15, 0.2) is 0 Å². The van der Waals surface area contributed by atoms with Crippen molar-refractivity contribution < 1.29 is 23.7 Å². The lowest BCUT2D eigenvalue weighted by Gasteiger charge is -2.10. The maximum absolute atomic E-state index is 5.91. The van der Waals surface area contributed by atoms with Crippen molar-refractivity contribution >= 4 is 0 Å². The van der Waals surface area contributed by atoms with E-state index >= 15 is 0 Å². The van der Waals surface area contributed by atoms with Gasteiger partial charge in [0.1, 0.15) is 46.0 Å². The second kappa shape index (κ2) is 9.59. The molecule has 0 atom stereocenters. The summed E-state index contributed by atoms with van der Waals surface area (Å²) >= 11 is 0. The minimum absolute atomic E-state index is 0.708. The summed E-state index contributed by atoms with van der Waals surface area (Å²) in [6.07, 6.45) is 0. The van der Waals surface area contributed by atoms with Crippen molar-refractivity contribution in [3.8, 4) is 46.0 Å². The summed E-state index contributed by atoms with van der Waals surface area (Å²) in [4.78, 5) is 0. The molecule has 5 nitrogen and oxygen atoms in total. The molecule has 0 aliphatic rings. The zero-order chi connectivity index (χ0) is 21.5. The first-order chi connectivity index (χ1) is 15.2. The van der Waals surface area contributed by atoms with E-state index < -0.39 is 0 Å². The predicted molar refractivity (Wildman–Crippen MR) is 119 cm³/mol. The van der Waals surface area contributed by atoms with Gasteiger partial charge in [-0.05, 0) is 72.8 Å². The Bertz CT molecular complexity index is 1030. The molecule has 0 heterocycles. The molecular weight excluding hydrogens is 392 g/mol. The molecule has 0 aromatic heterocycles. The van der Waals surface area contributed by atoms with Crippen LogP contribution in [-0.2, 0) is 0 Å². The van der Waals surface area contributed by atoms with Crippen LogP contribution in [0, 0.1) is 0 Å². The van der Waals surface area contributed by atoms with E-state index in [4.69, 9.17) is 23.7 Å². The van der Waals surface area contributed by atoms with E-state index in [2.05, 4.69) is 0 Å². The summed E-state index contributed by atoms with van der Waals surface area (Å²) in [6.45, 7) is 0. The topological polar surface area (TPSA) is 46.2 Å². The van der Waals surface area contributed by atoms with Crippen molar-refractivity contribution in [3.63, 3.8) is 0 Å². The first-order valence-corrected chi connectivity index (χ1v) is 9.73. The van der Waals surface area contributed by atoms with Gasteiger partial charge >= 0.3 is 0 Å². The van der Waals surface area contributed by atoms with Crippen LogP contribution in [0.3, 0.4) is 0 Å². The number of hydrogen-bond donors (Lipinski definition) is 0. The van der Waals surface area contributed by atoms with Gasteiger partial charge in [0.05, 0.1) is 14.2 Å².